The zero-order chi connectivity index (χ0) is 15.1. The highest BCUT2D eigenvalue weighted by Crippen LogP contribution is 2.22. The summed E-state index contributed by atoms with van der Waals surface area (Å²) in [6.45, 7) is 4.45. The number of amides is 2. The van der Waals surface area contributed by atoms with Crippen LogP contribution in [0.15, 0.2) is 0 Å². The van der Waals surface area contributed by atoms with Crippen molar-refractivity contribution in [3.05, 3.63) is 16.4 Å². The van der Waals surface area contributed by atoms with Gasteiger partial charge in [-0.05, 0) is 6.92 Å². The predicted octanol–water partition coefficient (Wildman–Crippen LogP) is -0.144. The molecule has 0 aromatic carbocycles. The largest absolute Gasteiger partial charge is 0.335 e. The number of hydrogen-bond donors (Lipinski definition) is 1. The summed E-state index contributed by atoms with van der Waals surface area (Å²) in [6, 6.07) is -0.385. The number of hydrogen-bond acceptors (Lipinski definition) is 4. The van der Waals surface area contributed by atoms with Gasteiger partial charge in [0, 0.05) is 33.2 Å². The molecular formula is C13H18ClN5O2. The summed E-state index contributed by atoms with van der Waals surface area (Å²) >= 11 is 6.18. The Morgan fingerprint density at radius 1 is 1.38 bits per heavy atom. The molecule has 1 N–H and O–H groups in total. The van der Waals surface area contributed by atoms with E-state index < -0.39 is 0 Å². The minimum Gasteiger partial charge on any atom is -0.335 e. The quantitative estimate of drug-likeness (QED) is 0.825. The van der Waals surface area contributed by atoms with Gasteiger partial charge in [-0.3, -0.25) is 19.6 Å². The summed E-state index contributed by atoms with van der Waals surface area (Å²) in [5.74, 6) is 0.0269. The van der Waals surface area contributed by atoms with E-state index in [1.165, 1.54) is 4.90 Å². The van der Waals surface area contributed by atoms with Gasteiger partial charge >= 0.3 is 0 Å². The third-order valence-electron chi connectivity index (χ3n) is 4.13. The molecule has 1 atom stereocenters. The number of H-pyrrole nitrogens is 1. The van der Waals surface area contributed by atoms with Gasteiger partial charge in [0.05, 0.1) is 23.0 Å². The standard InChI is InChI=1S/C13H18ClN5O2/c1-8-12(14)9(16-15-8)5-18-3-4-19-10(6-18)13(21)17(2)7-11(19)20/h10H,3-7H2,1-2H3,(H,15,16). The van der Waals surface area contributed by atoms with E-state index in [9.17, 15) is 9.59 Å². The molecule has 2 amide bonds. The summed E-state index contributed by atoms with van der Waals surface area (Å²) in [4.78, 5) is 29.5. The molecule has 0 aliphatic carbocycles. The Balaban J connectivity index is 1.72. The monoisotopic (exact) mass is 311 g/mol. The fourth-order valence-electron chi connectivity index (χ4n) is 2.90. The highest BCUT2D eigenvalue weighted by atomic mass is 35.5. The predicted molar refractivity (Wildman–Crippen MR) is 76.7 cm³/mol. The Morgan fingerprint density at radius 2 is 2.14 bits per heavy atom. The number of aromatic nitrogens is 2. The van der Waals surface area contributed by atoms with Gasteiger partial charge < -0.3 is 9.80 Å². The maximum atomic E-state index is 12.2. The topological polar surface area (TPSA) is 72.5 Å². The van der Waals surface area contributed by atoms with Crippen molar-refractivity contribution < 1.29 is 9.59 Å². The summed E-state index contributed by atoms with van der Waals surface area (Å²) in [5, 5.41) is 7.68. The van der Waals surface area contributed by atoms with E-state index in [0.717, 1.165) is 17.9 Å². The van der Waals surface area contributed by atoms with Gasteiger partial charge in [0.25, 0.3) is 0 Å². The molecule has 0 saturated carbocycles. The van der Waals surface area contributed by atoms with Crippen molar-refractivity contribution in [2.75, 3.05) is 33.2 Å². The summed E-state index contributed by atoms with van der Waals surface area (Å²) in [7, 11) is 1.67. The van der Waals surface area contributed by atoms with Crippen LogP contribution in [0.25, 0.3) is 0 Å². The number of carbonyl (C=O) groups is 2. The number of aromatic amines is 1. The lowest BCUT2D eigenvalue weighted by molar-refractivity contribution is -0.158. The number of rotatable bonds is 2. The first kappa shape index (κ1) is 14.3. The van der Waals surface area contributed by atoms with E-state index in [4.69, 9.17) is 11.6 Å². The van der Waals surface area contributed by atoms with Gasteiger partial charge in [0.1, 0.15) is 6.04 Å². The molecule has 0 spiro atoms. The van der Waals surface area contributed by atoms with Crippen LogP contribution in [0, 0.1) is 6.92 Å². The van der Waals surface area contributed by atoms with Crippen LogP contribution in [0.2, 0.25) is 5.02 Å². The number of aryl methyl sites for hydroxylation is 1. The van der Waals surface area contributed by atoms with Crippen molar-refractivity contribution in [3.63, 3.8) is 0 Å². The first-order valence-corrected chi connectivity index (χ1v) is 7.31. The van der Waals surface area contributed by atoms with Gasteiger partial charge in [0.2, 0.25) is 11.8 Å². The van der Waals surface area contributed by atoms with E-state index in [-0.39, 0.29) is 24.4 Å². The molecule has 8 heteroatoms. The maximum absolute atomic E-state index is 12.2. The molecule has 3 rings (SSSR count). The minimum absolute atomic E-state index is 0.00334. The number of nitrogens with zero attached hydrogens (tertiary/aromatic N) is 4. The Kier molecular flexibility index (Phi) is 3.62. The zero-order valence-electron chi connectivity index (χ0n) is 12.1. The zero-order valence-corrected chi connectivity index (χ0v) is 12.9. The average Bonchev–Trinajstić information content (AvgIpc) is 2.77. The first-order valence-electron chi connectivity index (χ1n) is 6.93. The Hall–Kier alpha value is -1.60. The molecule has 3 heterocycles. The lowest BCUT2D eigenvalue weighted by Crippen LogP contribution is -2.65. The van der Waals surface area contributed by atoms with Crippen LogP contribution >= 0.6 is 11.6 Å². The van der Waals surface area contributed by atoms with Crippen LogP contribution in [-0.4, -0.2) is 76.0 Å². The number of fused-ring (bicyclic) bond motifs is 1. The number of carbonyl (C=O) groups excluding carboxylic acids is 2. The fraction of sp³-hybridized carbons (Fsp3) is 0.615. The second-order valence-corrected chi connectivity index (χ2v) is 6.02. The minimum atomic E-state index is -0.385. The van der Waals surface area contributed by atoms with Gasteiger partial charge in [-0.2, -0.15) is 5.10 Å². The van der Waals surface area contributed by atoms with Crippen molar-refractivity contribution >= 4 is 23.4 Å². The van der Waals surface area contributed by atoms with Crippen molar-refractivity contribution in [1.29, 1.82) is 0 Å². The number of piperazine rings is 2. The van der Waals surface area contributed by atoms with Gasteiger partial charge in [0.15, 0.2) is 0 Å². The van der Waals surface area contributed by atoms with Gasteiger partial charge in [-0.15, -0.1) is 0 Å². The van der Waals surface area contributed by atoms with Crippen LogP contribution in [0.4, 0.5) is 0 Å². The number of halogens is 1. The summed E-state index contributed by atoms with van der Waals surface area (Å²) in [5.41, 5.74) is 1.62. The SMILES string of the molecule is Cc1[nH]nc(CN2CCN3C(=O)CN(C)C(=O)C3C2)c1Cl. The third kappa shape index (κ3) is 2.51. The van der Waals surface area contributed by atoms with Crippen molar-refractivity contribution in [2.24, 2.45) is 0 Å². The van der Waals surface area contributed by atoms with Crippen LogP contribution in [0.1, 0.15) is 11.4 Å². The first-order chi connectivity index (χ1) is 9.97. The molecule has 21 heavy (non-hydrogen) atoms. The number of likely N-dealkylation sites (N-methyl/N-ethyl adjacent to an activating group) is 1. The Labute approximate surface area is 127 Å². The van der Waals surface area contributed by atoms with E-state index in [0.29, 0.717) is 24.7 Å². The molecule has 1 aromatic rings. The molecule has 2 aliphatic rings. The third-order valence-corrected chi connectivity index (χ3v) is 4.63. The molecule has 1 aromatic heterocycles. The van der Waals surface area contributed by atoms with Crippen LogP contribution in [0.3, 0.4) is 0 Å². The summed E-state index contributed by atoms with van der Waals surface area (Å²) in [6.07, 6.45) is 0. The van der Waals surface area contributed by atoms with E-state index >= 15 is 0 Å². The van der Waals surface area contributed by atoms with Crippen molar-refractivity contribution in [3.8, 4) is 0 Å². The summed E-state index contributed by atoms with van der Waals surface area (Å²) < 4.78 is 0. The van der Waals surface area contributed by atoms with Crippen molar-refractivity contribution in [2.45, 2.75) is 19.5 Å². The maximum Gasteiger partial charge on any atom is 0.246 e. The lowest BCUT2D eigenvalue weighted by Gasteiger charge is -2.45. The highest BCUT2D eigenvalue weighted by Gasteiger charge is 2.41. The van der Waals surface area contributed by atoms with E-state index in [1.807, 2.05) is 6.92 Å². The molecule has 2 saturated heterocycles. The molecule has 114 valence electrons. The molecule has 7 nitrogen and oxygen atoms in total. The molecule has 2 aliphatic heterocycles. The molecule has 1 unspecified atom stereocenters. The Bertz CT molecular complexity index is 587. The Morgan fingerprint density at radius 3 is 2.81 bits per heavy atom. The van der Waals surface area contributed by atoms with Gasteiger partial charge in [-0.25, -0.2) is 0 Å². The highest BCUT2D eigenvalue weighted by molar-refractivity contribution is 6.31. The fourth-order valence-corrected chi connectivity index (χ4v) is 3.05. The molecular weight excluding hydrogens is 294 g/mol. The molecule has 0 bridgehead atoms. The van der Waals surface area contributed by atoms with Crippen LogP contribution < -0.4 is 0 Å². The molecule has 0 radical (unpaired) electrons. The van der Waals surface area contributed by atoms with Gasteiger partial charge in [-0.1, -0.05) is 11.6 Å². The number of nitrogens with one attached hydrogen (secondary N) is 1. The molecule has 2 fully saturated rings. The second-order valence-electron chi connectivity index (χ2n) is 5.64. The van der Waals surface area contributed by atoms with Crippen molar-refractivity contribution in [1.82, 2.24) is 24.9 Å². The van der Waals surface area contributed by atoms with Crippen LogP contribution in [-0.2, 0) is 16.1 Å². The van der Waals surface area contributed by atoms with Crippen LogP contribution in [0.5, 0.6) is 0 Å². The van der Waals surface area contributed by atoms with E-state index in [1.54, 1.807) is 11.9 Å². The van der Waals surface area contributed by atoms with E-state index in [2.05, 4.69) is 15.1 Å². The average molecular weight is 312 g/mol. The normalized spacial score (nSPS) is 23.7. The second kappa shape index (κ2) is 5.31. The smallest absolute Gasteiger partial charge is 0.246 e. The lowest BCUT2D eigenvalue weighted by atomic mass is 10.1.